The van der Waals surface area contributed by atoms with Crippen molar-refractivity contribution in [1.82, 2.24) is 4.57 Å². The summed E-state index contributed by atoms with van der Waals surface area (Å²) in [5, 5.41) is 9.64. The molecular weight excluding hydrogens is 240 g/mol. The highest BCUT2D eigenvalue weighted by Gasteiger charge is 2.07. The van der Waals surface area contributed by atoms with E-state index in [2.05, 4.69) is 0 Å². The van der Waals surface area contributed by atoms with Gasteiger partial charge >= 0.3 is 0 Å². The van der Waals surface area contributed by atoms with Gasteiger partial charge in [0.2, 0.25) is 0 Å². The molecule has 1 aromatic carbocycles. The fourth-order valence-electron chi connectivity index (χ4n) is 1.67. The minimum Gasteiger partial charge on any atom is -0.503 e. The Morgan fingerprint density at radius 1 is 1.16 bits per heavy atom. The fraction of sp³-hybridized carbons (Fsp3) is 0.267. The van der Waals surface area contributed by atoms with Gasteiger partial charge < -0.3 is 15.4 Å². The highest BCUT2D eigenvalue weighted by molar-refractivity contribution is 5.29. The summed E-state index contributed by atoms with van der Waals surface area (Å²) in [5.74, 6) is -0.258. The van der Waals surface area contributed by atoms with Crippen molar-refractivity contribution in [2.24, 2.45) is 5.73 Å². The van der Waals surface area contributed by atoms with Crippen molar-refractivity contribution in [3.8, 4) is 5.75 Å². The number of aromatic hydroxyl groups is 1. The number of rotatable bonds is 3. The van der Waals surface area contributed by atoms with E-state index in [4.69, 9.17) is 5.73 Å². The van der Waals surface area contributed by atoms with Crippen LogP contribution in [0.25, 0.3) is 0 Å². The van der Waals surface area contributed by atoms with Crippen LogP contribution in [0.3, 0.4) is 0 Å². The first-order chi connectivity index (χ1) is 9.22. The summed E-state index contributed by atoms with van der Waals surface area (Å²) in [6.45, 7) is 4.60. The van der Waals surface area contributed by atoms with Crippen LogP contribution in [0.5, 0.6) is 5.75 Å². The lowest BCUT2D eigenvalue weighted by atomic mass is 10.2. The van der Waals surface area contributed by atoms with E-state index in [1.807, 2.05) is 44.2 Å². The molecule has 0 saturated heterocycles. The van der Waals surface area contributed by atoms with Crippen molar-refractivity contribution in [1.29, 1.82) is 0 Å². The molecule has 1 heterocycles. The highest BCUT2D eigenvalue weighted by atomic mass is 16.3. The molecule has 2 aromatic rings. The second-order valence-electron chi connectivity index (χ2n) is 3.81. The quantitative estimate of drug-likeness (QED) is 0.888. The molecule has 0 atom stereocenters. The number of nitrogens with two attached hydrogens (primary N) is 1. The van der Waals surface area contributed by atoms with Gasteiger partial charge in [0, 0.05) is 18.3 Å². The Bertz CT molecular complexity index is 562. The summed E-state index contributed by atoms with van der Waals surface area (Å²) >= 11 is 0. The van der Waals surface area contributed by atoms with Crippen LogP contribution in [-0.4, -0.2) is 9.67 Å². The maximum absolute atomic E-state index is 11.8. The van der Waals surface area contributed by atoms with Crippen LogP contribution in [0.2, 0.25) is 0 Å². The average Bonchev–Trinajstić information content (AvgIpc) is 2.47. The molecule has 0 radical (unpaired) electrons. The number of aromatic nitrogens is 1. The summed E-state index contributed by atoms with van der Waals surface area (Å²) in [5.41, 5.74) is 6.49. The summed E-state index contributed by atoms with van der Waals surface area (Å²) in [6.07, 6.45) is 1.65. The zero-order valence-electron chi connectivity index (χ0n) is 11.3. The first-order valence-corrected chi connectivity index (χ1v) is 6.37. The van der Waals surface area contributed by atoms with Gasteiger partial charge in [-0.05, 0) is 11.6 Å². The number of pyridine rings is 1. The summed E-state index contributed by atoms with van der Waals surface area (Å²) in [6, 6.07) is 11.3. The maximum atomic E-state index is 11.8. The molecule has 0 bridgehead atoms. The first-order valence-electron chi connectivity index (χ1n) is 6.37. The van der Waals surface area contributed by atoms with Gasteiger partial charge in [-0.15, -0.1) is 0 Å². The Hall–Kier alpha value is -2.07. The van der Waals surface area contributed by atoms with Gasteiger partial charge in [-0.1, -0.05) is 44.2 Å². The third kappa shape index (κ3) is 3.69. The molecule has 0 aliphatic carbocycles. The molecule has 0 fully saturated rings. The van der Waals surface area contributed by atoms with Crippen LogP contribution in [0.4, 0.5) is 0 Å². The monoisotopic (exact) mass is 260 g/mol. The highest BCUT2D eigenvalue weighted by Crippen LogP contribution is 2.10. The molecule has 4 heteroatoms. The van der Waals surface area contributed by atoms with Gasteiger partial charge in [0.25, 0.3) is 5.56 Å². The second kappa shape index (κ2) is 7.38. The predicted octanol–water partition coefficient (Wildman–Crippen LogP) is 2.09. The SMILES string of the molecule is CC.NCc1ccn(Cc2ccccc2)c(=O)c1O. The third-order valence-electron chi connectivity index (χ3n) is 2.64. The van der Waals surface area contributed by atoms with Crippen LogP contribution in [-0.2, 0) is 13.1 Å². The molecule has 3 N–H and O–H groups in total. The standard InChI is InChI=1S/C13H14N2O2.C2H6/c14-8-11-6-7-15(13(17)12(11)16)9-10-4-2-1-3-5-10;1-2/h1-7,16H,8-9,14H2;1-2H3. The molecule has 4 nitrogen and oxygen atoms in total. The molecule has 19 heavy (non-hydrogen) atoms. The van der Waals surface area contributed by atoms with Crippen LogP contribution in [0.1, 0.15) is 25.0 Å². The Morgan fingerprint density at radius 2 is 1.79 bits per heavy atom. The summed E-state index contributed by atoms with van der Waals surface area (Å²) in [7, 11) is 0. The Balaban J connectivity index is 0.000000861. The zero-order valence-corrected chi connectivity index (χ0v) is 11.3. The van der Waals surface area contributed by atoms with Crippen LogP contribution in [0.15, 0.2) is 47.4 Å². The number of nitrogens with zero attached hydrogens (tertiary/aromatic N) is 1. The zero-order chi connectivity index (χ0) is 14.3. The lowest BCUT2D eigenvalue weighted by molar-refractivity contribution is 0.452. The number of benzene rings is 1. The van der Waals surface area contributed by atoms with E-state index in [-0.39, 0.29) is 12.3 Å². The molecular formula is C15H20N2O2. The molecule has 0 spiro atoms. The first kappa shape index (κ1) is 15.0. The lowest BCUT2D eigenvalue weighted by Gasteiger charge is -2.08. The minimum atomic E-state index is -0.406. The van der Waals surface area contributed by atoms with Crippen molar-refractivity contribution in [3.63, 3.8) is 0 Å². The predicted molar refractivity (Wildman–Crippen MR) is 77.2 cm³/mol. The largest absolute Gasteiger partial charge is 0.503 e. The fourth-order valence-corrected chi connectivity index (χ4v) is 1.67. The Kier molecular flexibility index (Phi) is 5.82. The smallest absolute Gasteiger partial charge is 0.293 e. The molecule has 102 valence electrons. The Morgan fingerprint density at radius 3 is 2.37 bits per heavy atom. The van der Waals surface area contributed by atoms with Crippen molar-refractivity contribution in [3.05, 3.63) is 64.1 Å². The van der Waals surface area contributed by atoms with Crippen molar-refractivity contribution >= 4 is 0 Å². The van der Waals surface area contributed by atoms with E-state index in [1.54, 1.807) is 12.3 Å². The molecule has 0 unspecified atom stereocenters. The summed E-state index contributed by atoms with van der Waals surface area (Å²) in [4.78, 5) is 11.8. The van der Waals surface area contributed by atoms with E-state index in [1.165, 1.54) is 4.57 Å². The van der Waals surface area contributed by atoms with Crippen LogP contribution < -0.4 is 11.3 Å². The van der Waals surface area contributed by atoms with Gasteiger partial charge in [-0.2, -0.15) is 0 Å². The van der Waals surface area contributed by atoms with E-state index in [0.717, 1.165) is 5.56 Å². The minimum absolute atomic E-state index is 0.160. The van der Waals surface area contributed by atoms with E-state index >= 15 is 0 Å². The van der Waals surface area contributed by atoms with Crippen LogP contribution >= 0.6 is 0 Å². The van der Waals surface area contributed by atoms with Crippen molar-refractivity contribution < 1.29 is 5.11 Å². The van der Waals surface area contributed by atoms with Gasteiger partial charge in [-0.25, -0.2) is 0 Å². The van der Waals surface area contributed by atoms with E-state index < -0.39 is 5.56 Å². The van der Waals surface area contributed by atoms with Crippen LogP contribution in [0, 0.1) is 0 Å². The topological polar surface area (TPSA) is 68.2 Å². The van der Waals surface area contributed by atoms with Gasteiger partial charge in [0.15, 0.2) is 5.75 Å². The van der Waals surface area contributed by atoms with E-state index in [0.29, 0.717) is 12.1 Å². The second-order valence-corrected chi connectivity index (χ2v) is 3.81. The molecule has 2 rings (SSSR count). The van der Waals surface area contributed by atoms with E-state index in [9.17, 15) is 9.90 Å². The Labute approximate surface area is 113 Å². The molecule has 0 aliphatic heterocycles. The molecule has 0 aliphatic rings. The van der Waals surface area contributed by atoms with Crippen molar-refractivity contribution in [2.45, 2.75) is 26.9 Å². The molecule has 0 amide bonds. The third-order valence-corrected chi connectivity index (χ3v) is 2.64. The van der Waals surface area contributed by atoms with Gasteiger partial charge in [0.1, 0.15) is 0 Å². The lowest BCUT2D eigenvalue weighted by Crippen LogP contribution is -2.21. The van der Waals surface area contributed by atoms with Crippen molar-refractivity contribution in [2.75, 3.05) is 0 Å². The van der Waals surface area contributed by atoms with Gasteiger partial charge in [-0.3, -0.25) is 4.79 Å². The summed E-state index contributed by atoms with van der Waals surface area (Å²) < 4.78 is 1.46. The number of hydrogen-bond acceptors (Lipinski definition) is 3. The maximum Gasteiger partial charge on any atom is 0.293 e. The molecule has 0 saturated carbocycles. The normalized spacial score (nSPS) is 9.63. The molecule has 1 aromatic heterocycles. The van der Waals surface area contributed by atoms with Gasteiger partial charge in [0.05, 0.1) is 6.54 Å². The number of hydrogen-bond donors (Lipinski definition) is 2. The average molecular weight is 260 g/mol.